The first-order chi connectivity index (χ1) is 11.1. The van der Waals surface area contributed by atoms with Gasteiger partial charge in [-0.1, -0.05) is 6.07 Å². The third-order valence-electron chi connectivity index (χ3n) is 3.00. The normalized spacial score (nSPS) is 9.83. The molecule has 0 aromatic heterocycles. The van der Waals surface area contributed by atoms with Crippen molar-refractivity contribution in [2.24, 2.45) is 0 Å². The fourth-order valence-corrected chi connectivity index (χ4v) is 1.84. The summed E-state index contributed by atoms with van der Waals surface area (Å²) in [5, 5.41) is 2.68. The van der Waals surface area contributed by atoms with Crippen LogP contribution in [0.3, 0.4) is 0 Å². The molecule has 6 nitrogen and oxygen atoms in total. The molecule has 2 rings (SSSR count). The van der Waals surface area contributed by atoms with Crippen LogP contribution in [0, 0.1) is 0 Å². The maximum atomic E-state index is 11.9. The molecule has 0 aliphatic carbocycles. The van der Waals surface area contributed by atoms with Crippen LogP contribution in [-0.4, -0.2) is 32.7 Å². The summed E-state index contributed by atoms with van der Waals surface area (Å²) in [6, 6.07) is 13.4. The van der Waals surface area contributed by atoms with Gasteiger partial charge in [0.25, 0.3) is 5.91 Å². The molecule has 1 N–H and O–H groups in total. The molecule has 0 aliphatic rings. The zero-order chi connectivity index (χ0) is 16.7. The zero-order valence-corrected chi connectivity index (χ0v) is 12.9. The Bertz CT molecular complexity index is 682. The highest BCUT2D eigenvalue weighted by atomic mass is 16.5. The Hall–Kier alpha value is -3.02. The van der Waals surface area contributed by atoms with Crippen molar-refractivity contribution < 1.29 is 23.8 Å². The number of ether oxygens (including phenoxy) is 3. The van der Waals surface area contributed by atoms with Crippen LogP contribution in [0.2, 0.25) is 0 Å². The fraction of sp³-hybridized carbons (Fsp3) is 0.176. The smallest absolute Gasteiger partial charge is 0.337 e. The van der Waals surface area contributed by atoms with Crippen LogP contribution in [-0.2, 0) is 9.53 Å². The summed E-state index contributed by atoms with van der Waals surface area (Å²) in [7, 11) is 2.87. The van der Waals surface area contributed by atoms with Gasteiger partial charge in [0, 0.05) is 11.8 Å². The number of hydrogen-bond donors (Lipinski definition) is 1. The lowest BCUT2D eigenvalue weighted by atomic mass is 10.2. The summed E-state index contributed by atoms with van der Waals surface area (Å²) in [4.78, 5) is 23.2. The lowest BCUT2D eigenvalue weighted by molar-refractivity contribution is -0.118. The number of carbonyl (C=O) groups excluding carboxylic acids is 2. The number of carbonyl (C=O) groups is 2. The van der Waals surface area contributed by atoms with E-state index in [0.717, 1.165) is 0 Å². The summed E-state index contributed by atoms with van der Waals surface area (Å²) in [6.45, 7) is -0.133. The predicted molar refractivity (Wildman–Crippen MR) is 84.9 cm³/mol. The number of nitrogens with one attached hydrogen (secondary N) is 1. The average molecular weight is 315 g/mol. The van der Waals surface area contributed by atoms with Crippen LogP contribution in [0.5, 0.6) is 11.5 Å². The molecule has 0 unspecified atom stereocenters. The minimum Gasteiger partial charge on any atom is -0.497 e. The molecule has 1 amide bonds. The number of esters is 1. The van der Waals surface area contributed by atoms with Gasteiger partial charge < -0.3 is 19.5 Å². The Balaban J connectivity index is 1.88. The molecule has 120 valence electrons. The van der Waals surface area contributed by atoms with E-state index in [0.29, 0.717) is 22.7 Å². The molecule has 0 saturated carbocycles. The Morgan fingerprint density at radius 2 is 1.70 bits per heavy atom. The van der Waals surface area contributed by atoms with Gasteiger partial charge in [0.2, 0.25) is 0 Å². The number of anilines is 1. The summed E-state index contributed by atoms with van der Waals surface area (Å²) in [5.41, 5.74) is 0.982. The number of benzene rings is 2. The predicted octanol–water partition coefficient (Wildman–Crippen LogP) is 2.50. The van der Waals surface area contributed by atoms with Gasteiger partial charge in [0.1, 0.15) is 11.5 Å². The van der Waals surface area contributed by atoms with Gasteiger partial charge in [0.05, 0.1) is 19.8 Å². The number of methoxy groups -OCH3 is 2. The molecule has 0 aliphatic heterocycles. The lowest BCUT2D eigenvalue weighted by Crippen LogP contribution is -2.20. The van der Waals surface area contributed by atoms with Crippen LogP contribution < -0.4 is 14.8 Å². The van der Waals surface area contributed by atoms with Crippen molar-refractivity contribution in [2.75, 3.05) is 26.1 Å². The maximum Gasteiger partial charge on any atom is 0.337 e. The van der Waals surface area contributed by atoms with E-state index in [1.54, 1.807) is 55.6 Å². The second-order valence-corrected chi connectivity index (χ2v) is 4.58. The highest BCUT2D eigenvalue weighted by Crippen LogP contribution is 2.18. The standard InChI is InChI=1S/C17H17NO5/c1-21-14-4-3-5-15(10-14)23-11-16(19)18-13-8-6-12(7-9-13)17(20)22-2/h3-10H,11H2,1-2H3,(H,18,19). The Labute approximate surface area is 134 Å². The van der Waals surface area contributed by atoms with Crippen LogP contribution in [0.4, 0.5) is 5.69 Å². The SMILES string of the molecule is COC(=O)c1ccc(NC(=O)COc2cccc(OC)c2)cc1. The maximum absolute atomic E-state index is 11.9. The third-order valence-corrected chi connectivity index (χ3v) is 3.00. The van der Waals surface area contributed by atoms with Gasteiger partial charge >= 0.3 is 5.97 Å². The van der Waals surface area contributed by atoms with Crippen molar-refractivity contribution in [2.45, 2.75) is 0 Å². The first-order valence-electron chi connectivity index (χ1n) is 6.87. The van der Waals surface area contributed by atoms with E-state index in [-0.39, 0.29) is 12.5 Å². The highest BCUT2D eigenvalue weighted by molar-refractivity contribution is 5.93. The van der Waals surface area contributed by atoms with E-state index in [4.69, 9.17) is 9.47 Å². The Morgan fingerprint density at radius 3 is 2.35 bits per heavy atom. The number of rotatable bonds is 6. The van der Waals surface area contributed by atoms with E-state index < -0.39 is 5.97 Å². The summed E-state index contributed by atoms with van der Waals surface area (Å²) >= 11 is 0. The molecule has 6 heteroatoms. The molecule has 0 spiro atoms. The fourth-order valence-electron chi connectivity index (χ4n) is 1.84. The monoisotopic (exact) mass is 315 g/mol. The van der Waals surface area contributed by atoms with Crippen molar-refractivity contribution in [1.82, 2.24) is 0 Å². The van der Waals surface area contributed by atoms with Gasteiger partial charge in [0.15, 0.2) is 6.61 Å². The van der Waals surface area contributed by atoms with Crippen LogP contribution >= 0.6 is 0 Å². The minimum atomic E-state index is -0.427. The van der Waals surface area contributed by atoms with Crippen LogP contribution in [0.15, 0.2) is 48.5 Å². The second kappa shape index (κ2) is 7.84. The quantitative estimate of drug-likeness (QED) is 0.829. The van der Waals surface area contributed by atoms with Gasteiger partial charge in [-0.25, -0.2) is 4.79 Å². The molecule has 0 bridgehead atoms. The van der Waals surface area contributed by atoms with Crippen molar-refractivity contribution >= 4 is 17.6 Å². The van der Waals surface area contributed by atoms with Crippen LogP contribution in [0.1, 0.15) is 10.4 Å². The molecule has 0 saturated heterocycles. The average Bonchev–Trinajstić information content (AvgIpc) is 2.60. The van der Waals surface area contributed by atoms with E-state index in [1.165, 1.54) is 7.11 Å². The lowest BCUT2D eigenvalue weighted by Gasteiger charge is -2.09. The van der Waals surface area contributed by atoms with Gasteiger partial charge in [-0.2, -0.15) is 0 Å². The Morgan fingerprint density at radius 1 is 1.00 bits per heavy atom. The summed E-state index contributed by atoms with van der Waals surface area (Å²) in [6.07, 6.45) is 0. The molecular formula is C17H17NO5. The second-order valence-electron chi connectivity index (χ2n) is 4.58. The minimum absolute atomic E-state index is 0.133. The summed E-state index contributed by atoms with van der Waals surface area (Å²) in [5.74, 6) is 0.463. The molecule has 0 heterocycles. The molecule has 0 radical (unpaired) electrons. The van der Waals surface area contributed by atoms with Crippen molar-refractivity contribution in [1.29, 1.82) is 0 Å². The molecule has 0 atom stereocenters. The summed E-state index contributed by atoms with van der Waals surface area (Å²) < 4.78 is 15.1. The van der Waals surface area contributed by atoms with E-state index in [9.17, 15) is 9.59 Å². The topological polar surface area (TPSA) is 73.9 Å². The van der Waals surface area contributed by atoms with E-state index >= 15 is 0 Å². The zero-order valence-electron chi connectivity index (χ0n) is 12.9. The van der Waals surface area contributed by atoms with Crippen molar-refractivity contribution in [3.05, 3.63) is 54.1 Å². The van der Waals surface area contributed by atoms with E-state index in [1.807, 2.05) is 0 Å². The molecule has 0 fully saturated rings. The van der Waals surface area contributed by atoms with Gasteiger partial charge in [-0.15, -0.1) is 0 Å². The van der Waals surface area contributed by atoms with E-state index in [2.05, 4.69) is 10.1 Å². The van der Waals surface area contributed by atoms with Crippen molar-refractivity contribution in [3.63, 3.8) is 0 Å². The highest BCUT2D eigenvalue weighted by Gasteiger charge is 2.07. The third kappa shape index (κ3) is 4.74. The van der Waals surface area contributed by atoms with Gasteiger partial charge in [-0.3, -0.25) is 4.79 Å². The first kappa shape index (κ1) is 16.4. The number of hydrogen-bond acceptors (Lipinski definition) is 5. The molecule has 23 heavy (non-hydrogen) atoms. The molecule has 2 aromatic rings. The van der Waals surface area contributed by atoms with Crippen molar-refractivity contribution in [3.8, 4) is 11.5 Å². The molecule has 2 aromatic carbocycles. The first-order valence-corrected chi connectivity index (χ1v) is 6.87. The molecular weight excluding hydrogens is 298 g/mol. The van der Waals surface area contributed by atoms with Crippen LogP contribution in [0.25, 0.3) is 0 Å². The number of amides is 1. The Kier molecular flexibility index (Phi) is 5.57. The largest absolute Gasteiger partial charge is 0.497 e. The van der Waals surface area contributed by atoms with Gasteiger partial charge in [-0.05, 0) is 36.4 Å².